The second-order valence-corrected chi connectivity index (χ2v) is 8.98. The van der Waals surface area contributed by atoms with Gasteiger partial charge in [0.15, 0.2) is 0 Å². The topological polar surface area (TPSA) is 47.1 Å². The van der Waals surface area contributed by atoms with Crippen molar-refractivity contribution in [3.8, 4) is 0 Å². The average Bonchev–Trinajstić information content (AvgIpc) is 3.24. The zero-order valence-corrected chi connectivity index (χ0v) is 16.8. The molecule has 1 aliphatic carbocycles. The number of piperidine rings is 1. The van der Waals surface area contributed by atoms with Crippen LogP contribution in [0.15, 0.2) is 0 Å². The molecule has 2 unspecified atom stereocenters. The maximum Gasteiger partial charge on any atom is 0.237 e. The summed E-state index contributed by atoms with van der Waals surface area (Å²) in [5, 5.41) is 0. The molecule has 2 atom stereocenters. The van der Waals surface area contributed by atoms with E-state index in [1.165, 1.54) is 38.5 Å². The van der Waals surface area contributed by atoms with Gasteiger partial charge in [-0.25, -0.2) is 0 Å². The van der Waals surface area contributed by atoms with Crippen LogP contribution >= 0.6 is 0 Å². The maximum atomic E-state index is 13.0. The summed E-state index contributed by atoms with van der Waals surface area (Å²) in [7, 11) is 0. The summed E-state index contributed by atoms with van der Waals surface area (Å²) < 4.78 is 0. The highest BCUT2D eigenvalue weighted by Gasteiger charge is 2.36. The van der Waals surface area contributed by atoms with Crippen molar-refractivity contribution in [2.75, 3.05) is 58.9 Å². The predicted molar refractivity (Wildman–Crippen MR) is 105 cm³/mol. The summed E-state index contributed by atoms with van der Waals surface area (Å²) >= 11 is 0. The van der Waals surface area contributed by atoms with Crippen molar-refractivity contribution < 1.29 is 9.59 Å². The maximum absolute atomic E-state index is 13.0. The van der Waals surface area contributed by atoms with Crippen LogP contribution in [0.5, 0.6) is 0 Å². The number of likely N-dealkylation sites (tertiary alicyclic amines) is 2. The Kier molecular flexibility index (Phi) is 6.33. The normalized spacial score (nSPS) is 30.4. The van der Waals surface area contributed by atoms with Gasteiger partial charge in [-0.15, -0.1) is 0 Å². The number of fused-ring (bicyclic) bond motifs is 1. The van der Waals surface area contributed by atoms with Crippen LogP contribution in [0.2, 0.25) is 0 Å². The summed E-state index contributed by atoms with van der Waals surface area (Å²) in [4.78, 5) is 34.1. The number of carbonyl (C=O) groups excluding carboxylic acids is 2. The van der Waals surface area contributed by atoms with Crippen molar-refractivity contribution in [2.45, 2.75) is 57.4 Å². The van der Waals surface area contributed by atoms with Gasteiger partial charge >= 0.3 is 0 Å². The first-order valence-electron chi connectivity index (χ1n) is 11.2. The summed E-state index contributed by atoms with van der Waals surface area (Å²) in [6, 6.07) is 0.513. The van der Waals surface area contributed by atoms with Gasteiger partial charge in [0.05, 0.1) is 13.1 Å². The first kappa shape index (κ1) is 19.2. The molecule has 4 aliphatic rings. The van der Waals surface area contributed by atoms with E-state index in [2.05, 4.69) is 14.7 Å². The van der Waals surface area contributed by atoms with Gasteiger partial charge < -0.3 is 9.80 Å². The van der Waals surface area contributed by atoms with Gasteiger partial charge in [-0.2, -0.15) is 0 Å². The minimum atomic E-state index is 0.286. The highest BCUT2D eigenvalue weighted by atomic mass is 16.2. The lowest BCUT2D eigenvalue weighted by atomic mass is 9.78. The van der Waals surface area contributed by atoms with Crippen LogP contribution in [0.1, 0.15) is 51.4 Å². The van der Waals surface area contributed by atoms with Crippen molar-refractivity contribution in [1.82, 2.24) is 19.6 Å². The fourth-order valence-corrected chi connectivity index (χ4v) is 5.58. The van der Waals surface area contributed by atoms with Gasteiger partial charge in [-0.3, -0.25) is 19.4 Å². The lowest BCUT2D eigenvalue weighted by Crippen LogP contribution is -2.55. The molecular weight excluding hydrogens is 340 g/mol. The Labute approximate surface area is 163 Å². The minimum absolute atomic E-state index is 0.286. The molecule has 3 saturated heterocycles. The fraction of sp³-hybridized carbons (Fsp3) is 0.905. The Morgan fingerprint density at radius 3 is 1.93 bits per heavy atom. The van der Waals surface area contributed by atoms with Crippen LogP contribution in [-0.2, 0) is 9.59 Å². The van der Waals surface area contributed by atoms with E-state index >= 15 is 0 Å². The van der Waals surface area contributed by atoms with Gasteiger partial charge in [0.2, 0.25) is 11.8 Å². The van der Waals surface area contributed by atoms with Crippen molar-refractivity contribution in [3.05, 3.63) is 0 Å². The molecule has 0 aromatic carbocycles. The van der Waals surface area contributed by atoms with E-state index in [0.29, 0.717) is 25.0 Å². The molecule has 0 N–H and O–H groups in total. The zero-order valence-electron chi connectivity index (χ0n) is 16.8. The highest BCUT2D eigenvalue weighted by molar-refractivity contribution is 5.79. The van der Waals surface area contributed by atoms with E-state index in [-0.39, 0.29) is 5.91 Å². The average molecular weight is 377 g/mol. The Balaban J connectivity index is 1.21. The lowest BCUT2D eigenvalue weighted by Gasteiger charge is -2.45. The molecule has 4 fully saturated rings. The SMILES string of the molecule is O=C(CN1CCN(CC(=O)N2CCCC3CCCCC32)CC1)N1CCCC1. The highest BCUT2D eigenvalue weighted by Crippen LogP contribution is 2.35. The van der Waals surface area contributed by atoms with Crippen molar-refractivity contribution in [1.29, 1.82) is 0 Å². The first-order chi connectivity index (χ1) is 13.2. The summed E-state index contributed by atoms with van der Waals surface area (Å²) in [5.74, 6) is 1.38. The number of piperazine rings is 1. The van der Waals surface area contributed by atoms with E-state index in [1.54, 1.807) is 0 Å². The molecule has 0 spiro atoms. The molecule has 6 nitrogen and oxygen atoms in total. The van der Waals surface area contributed by atoms with E-state index in [0.717, 1.165) is 64.6 Å². The molecule has 0 bridgehead atoms. The number of nitrogens with zero attached hydrogens (tertiary/aromatic N) is 4. The molecule has 3 heterocycles. The molecule has 3 aliphatic heterocycles. The Hall–Kier alpha value is -1.14. The van der Waals surface area contributed by atoms with Gasteiger partial charge in [0.25, 0.3) is 0 Å². The standard InChI is InChI=1S/C21H36N4O2/c26-20(24-9-3-4-10-24)16-22-12-14-23(15-13-22)17-21(27)25-11-5-7-18-6-1-2-8-19(18)25/h18-19H,1-17H2. The zero-order chi connectivity index (χ0) is 18.6. The largest absolute Gasteiger partial charge is 0.342 e. The molecule has 27 heavy (non-hydrogen) atoms. The summed E-state index contributed by atoms with van der Waals surface area (Å²) in [5.41, 5.74) is 0. The molecular formula is C21H36N4O2. The Morgan fingerprint density at radius 1 is 0.630 bits per heavy atom. The van der Waals surface area contributed by atoms with Crippen molar-refractivity contribution >= 4 is 11.8 Å². The molecule has 0 aromatic heterocycles. The van der Waals surface area contributed by atoms with Gasteiger partial charge in [-0.1, -0.05) is 12.8 Å². The second kappa shape index (κ2) is 8.91. The van der Waals surface area contributed by atoms with E-state index in [4.69, 9.17) is 0 Å². The number of hydrogen-bond donors (Lipinski definition) is 0. The van der Waals surface area contributed by atoms with Crippen LogP contribution in [0.25, 0.3) is 0 Å². The number of carbonyl (C=O) groups is 2. The lowest BCUT2D eigenvalue weighted by molar-refractivity contribution is -0.139. The van der Waals surface area contributed by atoms with E-state index in [1.807, 2.05) is 4.90 Å². The van der Waals surface area contributed by atoms with Crippen LogP contribution in [0, 0.1) is 5.92 Å². The molecule has 2 amide bonds. The van der Waals surface area contributed by atoms with E-state index < -0.39 is 0 Å². The van der Waals surface area contributed by atoms with Gasteiger partial charge in [0.1, 0.15) is 0 Å². The fourth-order valence-electron chi connectivity index (χ4n) is 5.58. The van der Waals surface area contributed by atoms with Crippen LogP contribution in [0.3, 0.4) is 0 Å². The molecule has 6 heteroatoms. The summed E-state index contributed by atoms with van der Waals surface area (Å²) in [6.07, 6.45) is 9.97. The van der Waals surface area contributed by atoms with Crippen LogP contribution in [-0.4, -0.2) is 96.4 Å². The minimum Gasteiger partial charge on any atom is -0.342 e. The van der Waals surface area contributed by atoms with Crippen molar-refractivity contribution in [2.24, 2.45) is 5.92 Å². The second-order valence-electron chi connectivity index (χ2n) is 8.98. The molecule has 4 rings (SSSR count). The number of hydrogen-bond acceptors (Lipinski definition) is 4. The van der Waals surface area contributed by atoms with Crippen LogP contribution < -0.4 is 0 Å². The first-order valence-corrected chi connectivity index (χ1v) is 11.2. The Bertz CT molecular complexity index is 524. The van der Waals surface area contributed by atoms with Gasteiger partial charge in [-0.05, 0) is 44.4 Å². The van der Waals surface area contributed by atoms with Crippen LogP contribution in [0.4, 0.5) is 0 Å². The monoisotopic (exact) mass is 376 g/mol. The summed E-state index contributed by atoms with van der Waals surface area (Å²) in [6.45, 7) is 7.56. The quantitative estimate of drug-likeness (QED) is 0.744. The Morgan fingerprint density at radius 2 is 1.22 bits per heavy atom. The number of rotatable bonds is 4. The third kappa shape index (κ3) is 4.65. The predicted octanol–water partition coefficient (Wildman–Crippen LogP) is 1.41. The van der Waals surface area contributed by atoms with Crippen molar-refractivity contribution in [3.63, 3.8) is 0 Å². The smallest absolute Gasteiger partial charge is 0.237 e. The molecule has 0 aromatic rings. The van der Waals surface area contributed by atoms with E-state index in [9.17, 15) is 9.59 Å². The molecule has 152 valence electrons. The van der Waals surface area contributed by atoms with Gasteiger partial charge in [0, 0.05) is 51.9 Å². The molecule has 1 saturated carbocycles. The third-order valence-corrected chi connectivity index (χ3v) is 7.20. The third-order valence-electron chi connectivity index (χ3n) is 7.20. The number of amides is 2. The molecule has 0 radical (unpaired) electrons.